The van der Waals surface area contributed by atoms with Crippen molar-refractivity contribution >= 4 is 34.6 Å². The molecule has 0 spiro atoms. The number of nitrogen functional groups attached to an aromatic ring is 1. The Hall–Kier alpha value is -2.60. The number of nitro groups is 1. The summed E-state index contributed by atoms with van der Waals surface area (Å²) in [4.78, 5) is 22.3. The number of nitrogens with one attached hydrogen (secondary N) is 1. The minimum absolute atomic E-state index is 0.0845. The average molecular weight is 292 g/mol. The van der Waals surface area contributed by atoms with Crippen LogP contribution in [0, 0.1) is 10.1 Å². The lowest BCUT2D eigenvalue weighted by atomic mass is 10.2. The predicted octanol–water partition coefficient (Wildman–Crippen LogP) is 3.08. The van der Waals surface area contributed by atoms with E-state index in [4.69, 9.17) is 17.3 Å². The summed E-state index contributed by atoms with van der Waals surface area (Å²) in [5.41, 5.74) is 6.22. The van der Waals surface area contributed by atoms with Crippen molar-refractivity contribution in [3.63, 3.8) is 0 Å². The van der Waals surface area contributed by atoms with E-state index in [1.54, 1.807) is 12.1 Å². The molecule has 0 unspecified atom stereocenters. The van der Waals surface area contributed by atoms with Crippen LogP contribution in [0.25, 0.3) is 0 Å². The number of carbonyl (C=O) groups is 1. The van der Waals surface area contributed by atoms with E-state index in [1.807, 2.05) is 0 Å². The molecular formula is C13H10ClN3O3. The Morgan fingerprint density at radius 3 is 2.45 bits per heavy atom. The smallest absolute Gasteiger partial charge is 0.294 e. The molecule has 0 saturated heterocycles. The molecule has 3 N–H and O–H groups in total. The van der Waals surface area contributed by atoms with E-state index in [1.165, 1.54) is 30.3 Å². The zero-order chi connectivity index (χ0) is 14.7. The summed E-state index contributed by atoms with van der Waals surface area (Å²) < 4.78 is 0. The second-order valence-electron chi connectivity index (χ2n) is 3.99. The van der Waals surface area contributed by atoms with E-state index < -0.39 is 10.8 Å². The molecule has 0 fully saturated rings. The van der Waals surface area contributed by atoms with Crippen molar-refractivity contribution in [2.45, 2.75) is 0 Å². The number of halogens is 1. The molecule has 102 valence electrons. The summed E-state index contributed by atoms with van der Waals surface area (Å²) in [7, 11) is 0. The lowest BCUT2D eigenvalue weighted by molar-refractivity contribution is -0.383. The van der Waals surface area contributed by atoms with Crippen LogP contribution in [-0.4, -0.2) is 10.8 Å². The summed E-state index contributed by atoms with van der Waals surface area (Å²) in [5, 5.41) is 13.6. The van der Waals surface area contributed by atoms with Crippen LogP contribution in [0.15, 0.2) is 42.5 Å². The second kappa shape index (κ2) is 5.58. The van der Waals surface area contributed by atoms with Crippen LogP contribution >= 0.6 is 11.6 Å². The molecule has 2 rings (SSSR count). The Morgan fingerprint density at radius 1 is 1.20 bits per heavy atom. The van der Waals surface area contributed by atoms with Crippen molar-refractivity contribution in [1.29, 1.82) is 0 Å². The molecule has 0 aromatic heterocycles. The Morgan fingerprint density at radius 2 is 1.85 bits per heavy atom. The molecule has 0 atom stereocenters. The van der Waals surface area contributed by atoms with Gasteiger partial charge in [-0.2, -0.15) is 0 Å². The van der Waals surface area contributed by atoms with Gasteiger partial charge in [0.2, 0.25) is 0 Å². The predicted molar refractivity (Wildman–Crippen MR) is 76.9 cm³/mol. The van der Waals surface area contributed by atoms with E-state index in [-0.39, 0.29) is 16.4 Å². The Labute approximate surface area is 119 Å². The molecule has 7 heteroatoms. The SMILES string of the molecule is Nc1ccc(C(=O)Nc2ccc(Cl)cc2[N+](=O)[O-])cc1. The third-order valence-corrected chi connectivity index (χ3v) is 2.81. The van der Waals surface area contributed by atoms with E-state index in [2.05, 4.69) is 5.32 Å². The fourth-order valence-corrected chi connectivity index (χ4v) is 1.76. The van der Waals surface area contributed by atoms with Gasteiger partial charge in [0.05, 0.1) is 4.92 Å². The highest BCUT2D eigenvalue weighted by molar-refractivity contribution is 6.31. The normalized spacial score (nSPS) is 10.1. The molecule has 0 aliphatic rings. The number of benzene rings is 2. The number of amides is 1. The van der Waals surface area contributed by atoms with Gasteiger partial charge in [-0.3, -0.25) is 14.9 Å². The maximum Gasteiger partial charge on any atom is 0.294 e. The molecule has 0 heterocycles. The summed E-state index contributed by atoms with van der Waals surface area (Å²) in [6.45, 7) is 0. The quantitative estimate of drug-likeness (QED) is 0.516. The second-order valence-corrected chi connectivity index (χ2v) is 4.43. The molecule has 0 radical (unpaired) electrons. The molecule has 1 amide bonds. The first-order valence-corrected chi connectivity index (χ1v) is 5.96. The third-order valence-electron chi connectivity index (χ3n) is 2.58. The molecule has 2 aromatic carbocycles. The highest BCUT2D eigenvalue weighted by atomic mass is 35.5. The van der Waals surface area contributed by atoms with Gasteiger partial charge in [-0.1, -0.05) is 11.6 Å². The zero-order valence-corrected chi connectivity index (χ0v) is 10.9. The van der Waals surface area contributed by atoms with Crippen LogP contribution < -0.4 is 11.1 Å². The largest absolute Gasteiger partial charge is 0.399 e. The number of nitro benzene ring substituents is 1. The van der Waals surface area contributed by atoms with Gasteiger partial charge >= 0.3 is 0 Å². The van der Waals surface area contributed by atoms with Gasteiger partial charge in [0.1, 0.15) is 5.69 Å². The molecule has 0 bridgehead atoms. The molecule has 0 aliphatic heterocycles. The lowest BCUT2D eigenvalue weighted by Gasteiger charge is -2.06. The minimum Gasteiger partial charge on any atom is -0.399 e. The Bertz CT molecular complexity index is 671. The van der Waals surface area contributed by atoms with Crippen molar-refractivity contribution in [3.05, 3.63) is 63.2 Å². The third kappa shape index (κ3) is 3.04. The van der Waals surface area contributed by atoms with E-state index >= 15 is 0 Å². The van der Waals surface area contributed by atoms with Crippen LogP contribution in [0.2, 0.25) is 5.02 Å². The summed E-state index contributed by atoms with van der Waals surface area (Å²) >= 11 is 5.70. The Balaban J connectivity index is 2.28. The first-order valence-electron chi connectivity index (χ1n) is 5.58. The van der Waals surface area contributed by atoms with Crippen LogP contribution in [0.4, 0.5) is 17.1 Å². The first kappa shape index (κ1) is 13.8. The summed E-state index contributed by atoms with van der Waals surface area (Å²) in [6.07, 6.45) is 0. The molecule has 20 heavy (non-hydrogen) atoms. The van der Waals surface area contributed by atoms with Gasteiger partial charge in [0.15, 0.2) is 0 Å². The Kier molecular flexibility index (Phi) is 3.86. The van der Waals surface area contributed by atoms with E-state index in [9.17, 15) is 14.9 Å². The number of carbonyl (C=O) groups excluding carboxylic acids is 1. The van der Waals surface area contributed by atoms with Crippen LogP contribution in [0.3, 0.4) is 0 Å². The molecular weight excluding hydrogens is 282 g/mol. The van der Waals surface area contributed by atoms with Crippen LogP contribution in [-0.2, 0) is 0 Å². The molecule has 0 saturated carbocycles. The maximum atomic E-state index is 12.0. The number of hydrogen-bond acceptors (Lipinski definition) is 4. The van der Waals surface area contributed by atoms with Crippen molar-refractivity contribution in [2.24, 2.45) is 0 Å². The maximum absolute atomic E-state index is 12.0. The number of hydrogen-bond donors (Lipinski definition) is 2. The van der Waals surface area contributed by atoms with Gasteiger partial charge in [0, 0.05) is 22.3 Å². The van der Waals surface area contributed by atoms with Crippen LogP contribution in [0.1, 0.15) is 10.4 Å². The number of rotatable bonds is 3. The van der Waals surface area contributed by atoms with Crippen molar-refractivity contribution in [1.82, 2.24) is 0 Å². The minimum atomic E-state index is -0.607. The zero-order valence-electron chi connectivity index (χ0n) is 10.2. The lowest BCUT2D eigenvalue weighted by Crippen LogP contribution is -2.13. The summed E-state index contributed by atoms with van der Waals surface area (Å²) in [6, 6.07) is 10.2. The molecule has 0 aliphatic carbocycles. The first-order chi connectivity index (χ1) is 9.47. The standard InChI is InChI=1S/C13H10ClN3O3/c14-9-3-6-11(12(7-9)17(19)20)16-13(18)8-1-4-10(15)5-2-8/h1-7H,15H2,(H,16,18). The van der Waals surface area contributed by atoms with Gasteiger partial charge in [0.25, 0.3) is 11.6 Å². The number of nitrogens with two attached hydrogens (primary N) is 1. The molecule has 6 nitrogen and oxygen atoms in total. The van der Waals surface area contributed by atoms with Gasteiger partial charge in [-0.25, -0.2) is 0 Å². The van der Waals surface area contributed by atoms with E-state index in [0.29, 0.717) is 11.3 Å². The fraction of sp³-hybridized carbons (Fsp3) is 0. The number of anilines is 2. The fourth-order valence-electron chi connectivity index (χ4n) is 1.59. The highest BCUT2D eigenvalue weighted by Crippen LogP contribution is 2.28. The topological polar surface area (TPSA) is 98.3 Å². The van der Waals surface area contributed by atoms with Crippen molar-refractivity contribution in [2.75, 3.05) is 11.1 Å². The van der Waals surface area contributed by atoms with Crippen molar-refractivity contribution < 1.29 is 9.72 Å². The number of nitrogens with zero attached hydrogens (tertiary/aromatic N) is 1. The molecule has 2 aromatic rings. The van der Waals surface area contributed by atoms with Gasteiger partial charge in [-0.05, 0) is 36.4 Å². The summed E-state index contributed by atoms with van der Waals surface area (Å²) in [5.74, 6) is -0.463. The monoisotopic (exact) mass is 291 g/mol. The average Bonchev–Trinajstić information content (AvgIpc) is 2.41. The van der Waals surface area contributed by atoms with Gasteiger partial charge < -0.3 is 11.1 Å². The van der Waals surface area contributed by atoms with E-state index in [0.717, 1.165) is 0 Å². The van der Waals surface area contributed by atoms with Gasteiger partial charge in [-0.15, -0.1) is 0 Å². The van der Waals surface area contributed by atoms with Crippen LogP contribution in [0.5, 0.6) is 0 Å². The van der Waals surface area contributed by atoms with Crippen molar-refractivity contribution in [3.8, 4) is 0 Å². The highest BCUT2D eigenvalue weighted by Gasteiger charge is 2.17.